The second kappa shape index (κ2) is 11.9. The van der Waals surface area contributed by atoms with Crippen LogP contribution < -0.4 is 0 Å². The number of carbonyl (C=O) groups is 3. The van der Waals surface area contributed by atoms with E-state index in [1.54, 1.807) is 0 Å². The summed E-state index contributed by atoms with van der Waals surface area (Å²) < 4.78 is 44.1. The number of hydrogen-bond donors (Lipinski definition) is 1. The van der Waals surface area contributed by atoms with Crippen LogP contribution in [0, 0.1) is 23.2 Å². The maximum absolute atomic E-state index is 14.4. The summed E-state index contributed by atoms with van der Waals surface area (Å²) in [4.78, 5) is 43.4. The van der Waals surface area contributed by atoms with Gasteiger partial charge in [0.25, 0.3) is 5.91 Å². The SMILES string of the molecule is CC(C)(C)C1CC(CN(CC(=O)c2c(Cl)cncc2Cl)C(=O)c2cnn([C@H]3CC[C@H](C(=O)O)CC3)c2C(F)(F)F)C1. The van der Waals surface area contributed by atoms with Crippen molar-refractivity contribution in [3.63, 3.8) is 0 Å². The van der Waals surface area contributed by atoms with E-state index in [1.165, 1.54) is 12.4 Å². The van der Waals surface area contributed by atoms with Crippen molar-refractivity contribution in [2.75, 3.05) is 13.1 Å². The molecule has 2 fully saturated rings. The highest BCUT2D eigenvalue weighted by molar-refractivity contribution is 6.39. The second-order valence-corrected chi connectivity index (χ2v) is 13.0. The molecule has 0 radical (unpaired) electrons. The number of amides is 1. The first-order chi connectivity index (χ1) is 19.1. The fraction of sp³-hybridized carbons (Fsp3) is 0.607. The van der Waals surface area contributed by atoms with Crippen molar-refractivity contribution in [2.45, 2.75) is 71.5 Å². The molecule has 2 aromatic heterocycles. The Morgan fingerprint density at radius 1 is 1.02 bits per heavy atom. The monoisotopic (exact) mass is 616 g/mol. The first-order valence-electron chi connectivity index (χ1n) is 13.6. The van der Waals surface area contributed by atoms with Gasteiger partial charge in [-0.1, -0.05) is 44.0 Å². The van der Waals surface area contributed by atoms with Gasteiger partial charge in [0.2, 0.25) is 0 Å². The van der Waals surface area contributed by atoms with E-state index >= 15 is 0 Å². The molecule has 0 aromatic carbocycles. The number of alkyl halides is 3. The molecule has 2 heterocycles. The molecule has 224 valence electrons. The molecule has 41 heavy (non-hydrogen) atoms. The molecule has 2 aromatic rings. The topological polar surface area (TPSA) is 105 Å². The molecule has 8 nitrogen and oxygen atoms in total. The number of aromatic nitrogens is 3. The Morgan fingerprint density at radius 2 is 1.61 bits per heavy atom. The fourth-order valence-electron chi connectivity index (χ4n) is 5.87. The number of aliphatic carboxylic acids is 1. The van der Waals surface area contributed by atoms with Crippen LogP contribution in [-0.4, -0.2) is 55.5 Å². The molecule has 13 heteroatoms. The minimum absolute atomic E-state index is 0.00929. The average molecular weight is 617 g/mol. The molecule has 0 bridgehead atoms. The molecule has 1 N–H and O–H groups in total. The van der Waals surface area contributed by atoms with E-state index < -0.39 is 53.6 Å². The normalized spacial score (nSPS) is 23.1. The van der Waals surface area contributed by atoms with Gasteiger partial charge < -0.3 is 10.0 Å². The third-order valence-electron chi connectivity index (χ3n) is 8.38. The lowest BCUT2D eigenvalue weighted by molar-refractivity contribution is -0.147. The molecule has 2 aliphatic carbocycles. The van der Waals surface area contributed by atoms with E-state index in [4.69, 9.17) is 23.2 Å². The van der Waals surface area contributed by atoms with Crippen molar-refractivity contribution in [2.24, 2.45) is 23.2 Å². The smallest absolute Gasteiger partial charge is 0.433 e. The van der Waals surface area contributed by atoms with Crippen LogP contribution >= 0.6 is 23.2 Å². The Morgan fingerprint density at radius 3 is 2.12 bits per heavy atom. The molecule has 4 rings (SSSR count). The third kappa shape index (κ3) is 6.88. The summed E-state index contributed by atoms with van der Waals surface area (Å²) in [5.41, 5.74) is -1.85. The van der Waals surface area contributed by atoms with E-state index in [2.05, 4.69) is 30.9 Å². The lowest BCUT2D eigenvalue weighted by Crippen LogP contribution is -2.45. The summed E-state index contributed by atoms with van der Waals surface area (Å²) in [7, 11) is 0. The number of hydrogen-bond acceptors (Lipinski definition) is 5. The summed E-state index contributed by atoms with van der Waals surface area (Å²) in [6, 6.07) is -0.701. The van der Waals surface area contributed by atoms with E-state index in [-0.39, 0.29) is 59.2 Å². The number of carboxylic acid groups (broad SMARTS) is 1. The first kappa shape index (κ1) is 31.3. The summed E-state index contributed by atoms with van der Waals surface area (Å²) in [5, 5.41) is 13.2. The number of nitrogens with zero attached hydrogens (tertiary/aromatic N) is 4. The summed E-state index contributed by atoms with van der Waals surface area (Å²) >= 11 is 12.3. The first-order valence-corrected chi connectivity index (χ1v) is 14.3. The minimum Gasteiger partial charge on any atom is -0.481 e. The van der Waals surface area contributed by atoms with Crippen LogP contribution in [0.1, 0.15) is 91.7 Å². The number of halogens is 5. The van der Waals surface area contributed by atoms with Gasteiger partial charge in [-0.25, -0.2) is 0 Å². The number of pyridine rings is 1. The van der Waals surface area contributed by atoms with Crippen molar-refractivity contribution < 1.29 is 32.7 Å². The van der Waals surface area contributed by atoms with Crippen LogP contribution in [0.5, 0.6) is 0 Å². The summed E-state index contributed by atoms with van der Waals surface area (Å²) in [5.74, 6) is -2.78. The summed E-state index contributed by atoms with van der Waals surface area (Å²) in [6.07, 6.45) is 0.807. The van der Waals surface area contributed by atoms with E-state index in [0.717, 1.165) is 28.6 Å². The third-order valence-corrected chi connectivity index (χ3v) is 8.95. The average Bonchev–Trinajstić information content (AvgIpc) is 3.30. The number of rotatable bonds is 8. The van der Waals surface area contributed by atoms with Crippen molar-refractivity contribution in [1.29, 1.82) is 0 Å². The maximum atomic E-state index is 14.4. The highest BCUT2D eigenvalue weighted by Crippen LogP contribution is 2.46. The standard InChI is InChI=1S/C28H33Cl2F3N4O4/c1-27(2,3)17-8-15(9-17)13-36(14-22(38)23-20(29)11-34-12-21(23)30)25(39)19-10-35-37(24(19)28(31,32)33)18-6-4-16(5-7-18)26(40)41/h10-12,15-18H,4-9,13-14H2,1-3H3,(H,40,41)/t15?,16-,17?,18-. The van der Waals surface area contributed by atoms with Crippen molar-refractivity contribution >= 4 is 40.9 Å². The van der Waals surface area contributed by atoms with Gasteiger partial charge >= 0.3 is 12.1 Å². The van der Waals surface area contributed by atoms with Gasteiger partial charge in [0, 0.05) is 18.9 Å². The van der Waals surface area contributed by atoms with Crippen molar-refractivity contribution in [1.82, 2.24) is 19.7 Å². The molecule has 0 aliphatic heterocycles. The Balaban J connectivity index is 1.64. The van der Waals surface area contributed by atoms with Crippen molar-refractivity contribution in [3.05, 3.63) is 45.5 Å². The minimum atomic E-state index is -4.91. The van der Waals surface area contributed by atoms with Crippen LogP contribution in [0.2, 0.25) is 10.0 Å². The van der Waals surface area contributed by atoms with E-state index in [9.17, 15) is 32.7 Å². The number of carboxylic acids is 1. The van der Waals surface area contributed by atoms with Crippen LogP contribution in [0.15, 0.2) is 18.6 Å². The molecule has 2 saturated carbocycles. The Labute approximate surface area is 246 Å². The molecule has 0 unspecified atom stereocenters. The molecule has 0 atom stereocenters. The molecule has 0 spiro atoms. The highest BCUT2D eigenvalue weighted by Gasteiger charge is 2.44. The quantitative estimate of drug-likeness (QED) is 0.326. The molecule has 1 amide bonds. The number of Topliss-reactive ketones (excluding diaryl/α,β-unsaturated/α-hetero) is 1. The van der Waals surface area contributed by atoms with Gasteiger partial charge in [0.15, 0.2) is 11.5 Å². The largest absolute Gasteiger partial charge is 0.481 e. The maximum Gasteiger partial charge on any atom is 0.433 e. The Bertz CT molecular complexity index is 1290. The van der Waals surface area contributed by atoms with Crippen LogP contribution in [-0.2, 0) is 11.0 Å². The zero-order valence-electron chi connectivity index (χ0n) is 23.0. The number of carbonyl (C=O) groups excluding carboxylic acids is 2. The Hall–Kier alpha value is -2.66. The summed E-state index contributed by atoms with van der Waals surface area (Å²) in [6.45, 7) is 5.90. The van der Waals surface area contributed by atoms with E-state index in [0.29, 0.717) is 5.92 Å². The predicted octanol–water partition coefficient (Wildman–Crippen LogP) is 6.82. The van der Waals surface area contributed by atoms with E-state index in [1.807, 2.05) is 0 Å². The van der Waals surface area contributed by atoms with Gasteiger partial charge in [-0.3, -0.25) is 24.0 Å². The molecule has 2 aliphatic rings. The zero-order chi connectivity index (χ0) is 30.3. The molecular weight excluding hydrogens is 584 g/mol. The van der Waals surface area contributed by atoms with Gasteiger partial charge in [0.1, 0.15) is 0 Å². The number of ketones is 1. The van der Waals surface area contributed by atoms with Crippen LogP contribution in [0.4, 0.5) is 13.2 Å². The van der Waals surface area contributed by atoms with Gasteiger partial charge in [-0.15, -0.1) is 0 Å². The van der Waals surface area contributed by atoms with Gasteiger partial charge in [0.05, 0.1) is 45.9 Å². The lowest BCUT2D eigenvalue weighted by atomic mass is 9.63. The predicted molar refractivity (Wildman–Crippen MR) is 146 cm³/mol. The van der Waals surface area contributed by atoms with Gasteiger partial charge in [-0.05, 0) is 55.8 Å². The van der Waals surface area contributed by atoms with Crippen molar-refractivity contribution in [3.8, 4) is 0 Å². The van der Waals surface area contributed by atoms with Crippen LogP contribution in [0.3, 0.4) is 0 Å². The van der Waals surface area contributed by atoms with Crippen LogP contribution in [0.25, 0.3) is 0 Å². The highest BCUT2D eigenvalue weighted by atomic mass is 35.5. The van der Waals surface area contributed by atoms with Gasteiger partial charge in [-0.2, -0.15) is 18.3 Å². The Kier molecular flexibility index (Phi) is 9.09. The molecular formula is C28H33Cl2F3N4O4. The second-order valence-electron chi connectivity index (χ2n) is 12.2. The fourth-order valence-corrected chi connectivity index (χ4v) is 6.44. The zero-order valence-corrected chi connectivity index (χ0v) is 24.6. The lowest BCUT2D eigenvalue weighted by Gasteiger charge is -2.45. The molecule has 0 saturated heterocycles.